The maximum atomic E-state index is 12.5. The van der Waals surface area contributed by atoms with Crippen molar-refractivity contribution in [3.05, 3.63) is 63.1 Å². The molecule has 2 rings (SSSR count). The third-order valence-corrected chi connectivity index (χ3v) is 5.21. The van der Waals surface area contributed by atoms with Crippen LogP contribution < -0.4 is 9.62 Å². The minimum atomic E-state index is -3.86. The Labute approximate surface area is 159 Å². The molecule has 1 unspecified atom stereocenters. The summed E-state index contributed by atoms with van der Waals surface area (Å²) in [6.45, 7) is 1.41. The SMILES string of the molecule is CC(C(=O)Nc1cccc(Br)c1)N(c1cccc([N+](=O)[O-])c1)S(C)(=O)=O. The van der Waals surface area contributed by atoms with Crippen molar-refractivity contribution in [1.29, 1.82) is 0 Å². The molecule has 1 N–H and O–H groups in total. The molecule has 0 heterocycles. The number of nitrogens with one attached hydrogen (secondary N) is 1. The number of carbonyl (C=O) groups excluding carboxylic acids is 1. The minimum Gasteiger partial charge on any atom is -0.324 e. The first-order valence-corrected chi connectivity index (χ1v) is 10.0. The molecule has 0 aliphatic heterocycles. The number of nitrogens with zero attached hydrogens (tertiary/aromatic N) is 2. The van der Waals surface area contributed by atoms with Crippen molar-refractivity contribution in [3.8, 4) is 0 Å². The normalized spacial score (nSPS) is 12.3. The van der Waals surface area contributed by atoms with Crippen LogP contribution in [0.1, 0.15) is 6.92 Å². The Morgan fingerprint density at radius 2 is 1.88 bits per heavy atom. The second kappa shape index (κ2) is 7.83. The van der Waals surface area contributed by atoms with E-state index in [0.29, 0.717) is 5.69 Å². The van der Waals surface area contributed by atoms with Crippen LogP contribution in [0.3, 0.4) is 0 Å². The van der Waals surface area contributed by atoms with Crippen LogP contribution in [0.15, 0.2) is 53.0 Å². The molecule has 0 radical (unpaired) electrons. The topological polar surface area (TPSA) is 110 Å². The lowest BCUT2D eigenvalue weighted by atomic mass is 10.2. The van der Waals surface area contributed by atoms with Gasteiger partial charge in [0.05, 0.1) is 16.9 Å². The molecular formula is C16H16BrN3O5S. The second-order valence-corrected chi connectivity index (χ2v) is 8.29. The van der Waals surface area contributed by atoms with Gasteiger partial charge in [-0.05, 0) is 31.2 Å². The number of hydrogen-bond donors (Lipinski definition) is 1. The van der Waals surface area contributed by atoms with E-state index in [4.69, 9.17) is 0 Å². The van der Waals surface area contributed by atoms with Crippen LogP contribution in [0.4, 0.5) is 17.1 Å². The maximum absolute atomic E-state index is 12.5. The summed E-state index contributed by atoms with van der Waals surface area (Å²) in [5.41, 5.74) is 0.262. The van der Waals surface area contributed by atoms with Gasteiger partial charge in [-0.15, -0.1) is 0 Å². The van der Waals surface area contributed by atoms with E-state index in [9.17, 15) is 23.3 Å². The van der Waals surface area contributed by atoms with Crippen LogP contribution in [-0.2, 0) is 14.8 Å². The van der Waals surface area contributed by atoms with E-state index >= 15 is 0 Å². The summed E-state index contributed by atoms with van der Waals surface area (Å²) >= 11 is 3.29. The van der Waals surface area contributed by atoms with Gasteiger partial charge in [0.1, 0.15) is 6.04 Å². The lowest BCUT2D eigenvalue weighted by molar-refractivity contribution is -0.384. The summed E-state index contributed by atoms with van der Waals surface area (Å²) in [7, 11) is -3.86. The fraction of sp³-hybridized carbons (Fsp3) is 0.188. The maximum Gasteiger partial charge on any atom is 0.271 e. The van der Waals surface area contributed by atoms with Crippen LogP contribution in [0.2, 0.25) is 0 Å². The summed E-state index contributed by atoms with van der Waals surface area (Å²) < 4.78 is 26.1. The molecule has 2 aromatic carbocycles. The number of halogens is 1. The van der Waals surface area contributed by atoms with E-state index < -0.39 is 26.9 Å². The van der Waals surface area contributed by atoms with Gasteiger partial charge in [0, 0.05) is 22.3 Å². The van der Waals surface area contributed by atoms with Crippen LogP contribution in [0.5, 0.6) is 0 Å². The van der Waals surface area contributed by atoms with Gasteiger partial charge < -0.3 is 5.32 Å². The van der Waals surface area contributed by atoms with E-state index in [2.05, 4.69) is 21.2 Å². The molecule has 26 heavy (non-hydrogen) atoms. The van der Waals surface area contributed by atoms with E-state index in [0.717, 1.165) is 21.1 Å². The zero-order chi connectivity index (χ0) is 19.5. The Morgan fingerprint density at radius 3 is 2.46 bits per heavy atom. The first-order valence-electron chi connectivity index (χ1n) is 7.40. The van der Waals surface area contributed by atoms with Gasteiger partial charge >= 0.3 is 0 Å². The highest BCUT2D eigenvalue weighted by Gasteiger charge is 2.30. The molecule has 10 heteroatoms. The lowest BCUT2D eigenvalue weighted by Crippen LogP contribution is -2.45. The number of carbonyl (C=O) groups is 1. The van der Waals surface area contributed by atoms with Crippen LogP contribution in [0, 0.1) is 10.1 Å². The van der Waals surface area contributed by atoms with Crippen LogP contribution in [0.25, 0.3) is 0 Å². The summed E-state index contributed by atoms with van der Waals surface area (Å²) in [4.78, 5) is 22.9. The average Bonchev–Trinajstić information content (AvgIpc) is 2.53. The predicted octanol–water partition coefficient (Wildman–Crippen LogP) is 3.15. The molecule has 8 nitrogen and oxygen atoms in total. The van der Waals surface area contributed by atoms with E-state index in [-0.39, 0.29) is 11.4 Å². The van der Waals surface area contributed by atoms with Gasteiger partial charge in [-0.3, -0.25) is 19.2 Å². The molecule has 0 spiro atoms. The smallest absolute Gasteiger partial charge is 0.271 e. The van der Waals surface area contributed by atoms with Crippen LogP contribution in [-0.4, -0.2) is 31.5 Å². The van der Waals surface area contributed by atoms with Crippen molar-refractivity contribution >= 4 is 48.9 Å². The third kappa shape index (κ3) is 4.79. The summed E-state index contributed by atoms with van der Waals surface area (Å²) in [5.74, 6) is -0.569. The number of benzene rings is 2. The third-order valence-electron chi connectivity index (χ3n) is 3.48. The molecule has 1 amide bonds. The quantitative estimate of drug-likeness (QED) is 0.546. The van der Waals surface area contributed by atoms with Gasteiger partial charge in [-0.1, -0.05) is 28.1 Å². The van der Waals surface area contributed by atoms with Gasteiger partial charge in [0.25, 0.3) is 5.69 Å². The number of amides is 1. The molecule has 0 aliphatic carbocycles. The van der Waals surface area contributed by atoms with Crippen LogP contribution >= 0.6 is 15.9 Å². The Balaban J connectivity index is 2.36. The molecular weight excluding hydrogens is 426 g/mol. The van der Waals surface area contributed by atoms with Gasteiger partial charge in [-0.2, -0.15) is 0 Å². The highest BCUT2D eigenvalue weighted by molar-refractivity contribution is 9.10. The molecule has 2 aromatic rings. The molecule has 0 saturated carbocycles. The fourth-order valence-corrected chi connectivity index (χ4v) is 3.93. The molecule has 0 aliphatic rings. The molecule has 0 saturated heterocycles. The summed E-state index contributed by atoms with van der Waals surface area (Å²) in [5, 5.41) is 13.6. The van der Waals surface area contributed by atoms with Crippen molar-refractivity contribution in [2.75, 3.05) is 15.9 Å². The van der Waals surface area contributed by atoms with E-state index in [1.54, 1.807) is 24.3 Å². The number of nitro benzene ring substituents is 1. The largest absolute Gasteiger partial charge is 0.324 e. The Morgan fingerprint density at radius 1 is 1.23 bits per heavy atom. The monoisotopic (exact) mass is 441 g/mol. The molecule has 1 atom stereocenters. The summed E-state index contributed by atoms with van der Waals surface area (Å²) in [6, 6.07) is 10.8. The molecule has 0 fully saturated rings. The predicted molar refractivity (Wildman–Crippen MR) is 103 cm³/mol. The van der Waals surface area contributed by atoms with Crippen molar-refractivity contribution in [2.45, 2.75) is 13.0 Å². The Hall–Kier alpha value is -2.46. The van der Waals surface area contributed by atoms with Gasteiger partial charge in [0.2, 0.25) is 15.9 Å². The summed E-state index contributed by atoms with van der Waals surface area (Å²) in [6.07, 6.45) is 0.939. The highest BCUT2D eigenvalue weighted by atomic mass is 79.9. The number of rotatable bonds is 6. The van der Waals surface area contributed by atoms with Gasteiger partial charge in [0.15, 0.2) is 0 Å². The molecule has 0 aromatic heterocycles. The standard InChI is InChI=1S/C16H16BrN3O5S/c1-11(16(21)18-13-6-3-5-12(17)9-13)19(26(2,24)25)14-7-4-8-15(10-14)20(22)23/h3-11H,1-2H3,(H,18,21). The Bertz CT molecular complexity index is 948. The molecule has 138 valence electrons. The second-order valence-electron chi connectivity index (χ2n) is 5.51. The number of anilines is 2. The zero-order valence-corrected chi connectivity index (χ0v) is 16.3. The van der Waals surface area contributed by atoms with Crippen molar-refractivity contribution in [1.82, 2.24) is 0 Å². The van der Waals surface area contributed by atoms with Gasteiger partial charge in [-0.25, -0.2) is 8.42 Å². The number of sulfonamides is 1. The van der Waals surface area contributed by atoms with E-state index in [1.807, 2.05) is 0 Å². The average molecular weight is 442 g/mol. The number of hydrogen-bond acceptors (Lipinski definition) is 5. The number of non-ortho nitro benzene ring substituents is 1. The van der Waals surface area contributed by atoms with Crippen molar-refractivity contribution < 1.29 is 18.1 Å². The number of nitro groups is 1. The first kappa shape index (κ1) is 19.9. The van der Waals surface area contributed by atoms with Crippen molar-refractivity contribution in [3.63, 3.8) is 0 Å². The Kier molecular flexibility index (Phi) is 5.98. The molecule has 0 bridgehead atoms. The zero-order valence-electron chi connectivity index (χ0n) is 13.9. The minimum absolute atomic E-state index is 0.0404. The fourth-order valence-electron chi connectivity index (χ4n) is 2.37. The van der Waals surface area contributed by atoms with Crippen molar-refractivity contribution in [2.24, 2.45) is 0 Å². The first-order chi connectivity index (χ1) is 12.1. The lowest BCUT2D eigenvalue weighted by Gasteiger charge is -2.28. The highest BCUT2D eigenvalue weighted by Crippen LogP contribution is 2.26. The van der Waals surface area contributed by atoms with E-state index in [1.165, 1.54) is 25.1 Å².